The average Bonchev–Trinajstić information content (AvgIpc) is 2.94. The Morgan fingerprint density at radius 1 is 1.17 bits per heavy atom. The zero-order valence-corrected chi connectivity index (χ0v) is 14.6. The number of rotatable bonds is 7. The summed E-state index contributed by atoms with van der Waals surface area (Å²) in [6, 6.07) is 8.88. The van der Waals surface area contributed by atoms with Crippen LogP contribution in [0.15, 0.2) is 30.3 Å². The number of carbonyl (C=O) groups excluding carboxylic acids is 2. The van der Waals surface area contributed by atoms with Crippen LogP contribution in [0.3, 0.4) is 0 Å². The lowest BCUT2D eigenvalue weighted by Gasteiger charge is -2.11. The lowest BCUT2D eigenvalue weighted by molar-refractivity contribution is -0.118. The zero-order valence-electron chi connectivity index (χ0n) is 13.8. The van der Waals surface area contributed by atoms with Gasteiger partial charge in [0.2, 0.25) is 0 Å². The summed E-state index contributed by atoms with van der Waals surface area (Å²) in [5.41, 5.74) is 0.754. The van der Waals surface area contributed by atoms with E-state index in [1.165, 1.54) is 18.4 Å². The number of esters is 1. The van der Waals surface area contributed by atoms with Gasteiger partial charge in [0, 0.05) is 0 Å². The molecule has 0 unspecified atom stereocenters. The molecule has 1 amide bonds. The van der Waals surface area contributed by atoms with Crippen molar-refractivity contribution in [2.45, 2.75) is 13.8 Å². The number of anilines is 1. The summed E-state index contributed by atoms with van der Waals surface area (Å²) in [4.78, 5) is 24.1. The Hall–Kier alpha value is -2.54. The van der Waals surface area contributed by atoms with Crippen LogP contribution in [0, 0.1) is 6.92 Å². The Morgan fingerprint density at radius 3 is 2.46 bits per heavy atom. The number of thiophene rings is 1. The molecule has 0 spiro atoms. The first-order chi connectivity index (χ1) is 11.5. The highest BCUT2D eigenvalue weighted by Crippen LogP contribution is 2.28. The second kappa shape index (κ2) is 8.35. The van der Waals surface area contributed by atoms with Crippen LogP contribution < -0.4 is 14.8 Å². The van der Waals surface area contributed by atoms with Crippen molar-refractivity contribution in [1.82, 2.24) is 0 Å². The fraction of sp³-hybridized carbons (Fsp3) is 0.294. The predicted octanol–water partition coefficient (Wildman–Crippen LogP) is 3.26. The molecule has 128 valence electrons. The van der Waals surface area contributed by atoms with Gasteiger partial charge in [-0.05, 0) is 37.6 Å². The highest BCUT2D eigenvalue weighted by molar-refractivity contribution is 7.18. The fourth-order valence-corrected chi connectivity index (χ4v) is 3.01. The van der Waals surface area contributed by atoms with Crippen molar-refractivity contribution < 1.29 is 23.8 Å². The van der Waals surface area contributed by atoms with Crippen LogP contribution in [0.4, 0.5) is 5.00 Å². The molecule has 6 nitrogen and oxygen atoms in total. The molecule has 0 aliphatic heterocycles. The van der Waals surface area contributed by atoms with Gasteiger partial charge in [-0.1, -0.05) is 12.1 Å². The van der Waals surface area contributed by atoms with Crippen LogP contribution in [-0.2, 0) is 9.53 Å². The predicted molar refractivity (Wildman–Crippen MR) is 92.1 cm³/mol. The molecule has 2 rings (SSSR count). The molecule has 0 bridgehead atoms. The van der Waals surface area contributed by atoms with E-state index >= 15 is 0 Å². The maximum absolute atomic E-state index is 12.0. The average molecular weight is 349 g/mol. The highest BCUT2D eigenvalue weighted by Gasteiger charge is 2.15. The van der Waals surface area contributed by atoms with Crippen molar-refractivity contribution >= 4 is 28.2 Å². The van der Waals surface area contributed by atoms with Crippen LogP contribution in [0.1, 0.15) is 22.2 Å². The van der Waals surface area contributed by atoms with E-state index in [9.17, 15) is 9.59 Å². The minimum atomic E-state index is -0.417. The molecular formula is C17H19NO5S. The van der Waals surface area contributed by atoms with Crippen molar-refractivity contribution in [3.8, 4) is 11.5 Å². The molecule has 24 heavy (non-hydrogen) atoms. The van der Waals surface area contributed by atoms with Gasteiger partial charge in [0.15, 0.2) is 18.1 Å². The van der Waals surface area contributed by atoms with Gasteiger partial charge < -0.3 is 19.5 Å². The van der Waals surface area contributed by atoms with E-state index in [1.54, 1.807) is 31.2 Å². The summed E-state index contributed by atoms with van der Waals surface area (Å²) in [5.74, 6) is 0.360. The minimum absolute atomic E-state index is 0.158. The molecule has 2 aromatic rings. The van der Waals surface area contributed by atoms with Gasteiger partial charge in [-0.2, -0.15) is 0 Å². The molecule has 0 aliphatic carbocycles. The van der Waals surface area contributed by atoms with Gasteiger partial charge in [0.25, 0.3) is 5.91 Å². The van der Waals surface area contributed by atoms with Gasteiger partial charge >= 0.3 is 5.97 Å². The molecule has 0 atom stereocenters. The third-order valence-corrected chi connectivity index (χ3v) is 4.19. The maximum Gasteiger partial charge on any atom is 0.348 e. The number of hydrogen-bond donors (Lipinski definition) is 1. The first kappa shape index (κ1) is 17.8. The molecule has 0 saturated carbocycles. The molecule has 0 aliphatic rings. The number of benzene rings is 1. The van der Waals surface area contributed by atoms with E-state index < -0.39 is 5.97 Å². The summed E-state index contributed by atoms with van der Waals surface area (Å²) < 4.78 is 15.6. The van der Waals surface area contributed by atoms with Gasteiger partial charge in [-0.25, -0.2) is 4.79 Å². The quantitative estimate of drug-likeness (QED) is 0.777. The lowest BCUT2D eigenvalue weighted by Crippen LogP contribution is -2.19. The molecule has 0 radical (unpaired) electrons. The number of methoxy groups -OCH3 is 1. The number of amides is 1. The van der Waals surface area contributed by atoms with Gasteiger partial charge in [-0.15, -0.1) is 11.3 Å². The first-order valence-corrected chi connectivity index (χ1v) is 8.20. The standard InChI is InChI=1S/C17H19NO5S/c1-4-22-12-7-5-6-8-13(12)23-10-14(19)18-15-9-11(2)16(24-15)17(20)21-3/h5-9H,4,10H2,1-3H3,(H,18,19). The highest BCUT2D eigenvalue weighted by atomic mass is 32.1. The van der Waals surface area contributed by atoms with E-state index in [-0.39, 0.29) is 12.5 Å². The minimum Gasteiger partial charge on any atom is -0.490 e. The molecule has 0 fully saturated rings. The largest absolute Gasteiger partial charge is 0.490 e. The Bertz CT molecular complexity index is 726. The van der Waals surface area contributed by atoms with Crippen molar-refractivity contribution in [2.75, 3.05) is 25.6 Å². The molecular weight excluding hydrogens is 330 g/mol. The normalized spacial score (nSPS) is 10.1. The summed E-state index contributed by atoms with van der Waals surface area (Å²) in [5, 5.41) is 3.28. The van der Waals surface area contributed by atoms with Gasteiger partial charge in [0.1, 0.15) is 4.88 Å². The summed E-state index contributed by atoms with van der Waals surface area (Å²) in [6.07, 6.45) is 0. The van der Waals surface area contributed by atoms with Crippen LogP contribution >= 0.6 is 11.3 Å². The maximum atomic E-state index is 12.0. The number of carbonyl (C=O) groups is 2. The number of nitrogens with one attached hydrogen (secondary N) is 1. The molecule has 7 heteroatoms. The van der Waals surface area contributed by atoms with E-state index in [4.69, 9.17) is 14.2 Å². The van der Waals surface area contributed by atoms with Gasteiger partial charge in [0.05, 0.1) is 18.7 Å². The third kappa shape index (κ3) is 4.48. The van der Waals surface area contributed by atoms with Gasteiger partial charge in [-0.3, -0.25) is 4.79 Å². The summed E-state index contributed by atoms with van der Waals surface area (Å²) in [7, 11) is 1.32. The second-order valence-electron chi connectivity index (χ2n) is 4.83. The lowest BCUT2D eigenvalue weighted by atomic mass is 10.3. The summed E-state index contributed by atoms with van der Waals surface area (Å²) >= 11 is 1.17. The van der Waals surface area contributed by atoms with E-state index in [0.717, 1.165) is 5.56 Å². The SMILES string of the molecule is CCOc1ccccc1OCC(=O)Nc1cc(C)c(C(=O)OC)s1. The van der Waals surface area contributed by atoms with Crippen molar-refractivity contribution in [3.05, 3.63) is 40.8 Å². The van der Waals surface area contributed by atoms with Crippen LogP contribution in [0.5, 0.6) is 11.5 Å². The number of aryl methyl sites for hydroxylation is 1. The van der Waals surface area contributed by atoms with E-state index in [2.05, 4.69) is 5.32 Å². The molecule has 1 aromatic carbocycles. The van der Waals surface area contributed by atoms with Crippen LogP contribution in [0.25, 0.3) is 0 Å². The van der Waals surface area contributed by atoms with Crippen molar-refractivity contribution in [3.63, 3.8) is 0 Å². The smallest absolute Gasteiger partial charge is 0.348 e. The molecule has 1 aromatic heterocycles. The Labute approximate surface area is 144 Å². The van der Waals surface area contributed by atoms with Crippen LogP contribution in [-0.4, -0.2) is 32.2 Å². The first-order valence-electron chi connectivity index (χ1n) is 7.38. The molecule has 1 heterocycles. The fourth-order valence-electron chi connectivity index (χ4n) is 2.00. The van der Waals surface area contributed by atoms with E-state index in [0.29, 0.717) is 28.0 Å². The van der Waals surface area contributed by atoms with Crippen molar-refractivity contribution in [2.24, 2.45) is 0 Å². The monoisotopic (exact) mass is 349 g/mol. The van der Waals surface area contributed by atoms with Crippen molar-refractivity contribution in [1.29, 1.82) is 0 Å². The zero-order chi connectivity index (χ0) is 17.5. The molecule has 1 N–H and O–H groups in total. The number of hydrogen-bond acceptors (Lipinski definition) is 6. The summed E-state index contributed by atoms with van der Waals surface area (Å²) in [6.45, 7) is 4.01. The number of para-hydroxylation sites is 2. The third-order valence-electron chi connectivity index (χ3n) is 3.06. The van der Waals surface area contributed by atoms with E-state index in [1.807, 2.05) is 13.0 Å². The number of ether oxygens (including phenoxy) is 3. The Morgan fingerprint density at radius 2 is 1.83 bits per heavy atom. The topological polar surface area (TPSA) is 73.9 Å². The van der Waals surface area contributed by atoms with Crippen LogP contribution in [0.2, 0.25) is 0 Å². The molecule has 0 saturated heterocycles. The Balaban J connectivity index is 1.96. The second-order valence-corrected chi connectivity index (χ2v) is 5.88. The Kier molecular flexibility index (Phi) is 6.20.